The number of ketones is 1. The van der Waals surface area contributed by atoms with E-state index in [-0.39, 0.29) is 5.41 Å². The number of benzene rings is 1. The zero-order chi connectivity index (χ0) is 10.9. The van der Waals surface area contributed by atoms with E-state index < -0.39 is 0 Å². The zero-order valence-corrected chi connectivity index (χ0v) is 9.36. The van der Waals surface area contributed by atoms with Crippen molar-refractivity contribution in [2.45, 2.75) is 20.3 Å². The number of rotatable bonds is 1. The number of hydrogen-bond acceptors (Lipinski definition) is 2. The first kappa shape index (κ1) is 10.2. The molecule has 0 N–H and O–H groups in total. The molecule has 0 unspecified atom stereocenters. The number of piperidine rings is 1. The quantitative estimate of drug-likeness (QED) is 0.699. The van der Waals surface area contributed by atoms with Gasteiger partial charge in [-0.2, -0.15) is 0 Å². The van der Waals surface area contributed by atoms with E-state index in [9.17, 15) is 4.79 Å². The Balaban J connectivity index is 2.13. The second-order valence-electron chi connectivity index (χ2n) is 4.81. The fourth-order valence-electron chi connectivity index (χ4n) is 1.88. The summed E-state index contributed by atoms with van der Waals surface area (Å²) in [5, 5.41) is 0. The lowest BCUT2D eigenvalue weighted by Gasteiger charge is -2.36. The van der Waals surface area contributed by atoms with Gasteiger partial charge in [-0.05, 0) is 18.6 Å². The van der Waals surface area contributed by atoms with Crippen molar-refractivity contribution in [3.05, 3.63) is 30.3 Å². The van der Waals surface area contributed by atoms with Gasteiger partial charge in [0, 0.05) is 17.6 Å². The van der Waals surface area contributed by atoms with Crippen molar-refractivity contribution in [1.82, 2.24) is 0 Å². The largest absolute Gasteiger partial charge is 0.364 e. The first-order valence-corrected chi connectivity index (χ1v) is 5.43. The highest BCUT2D eigenvalue weighted by Gasteiger charge is 2.33. The minimum atomic E-state index is -0.134. The van der Waals surface area contributed by atoms with E-state index in [0.717, 1.165) is 18.7 Å². The van der Waals surface area contributed by atoms with Crippen molar-refractivity contribution in [2.24, 2.45) is 5.41 Å². The highest BCUT2D eigenvalue weighted by Crippen LogP contribution is 2.29. The van der Waals surface area contributed by atoms with Crippen LogP contribution in [0.3, 0.4) is 0 Å². The smallest absolute Gasteiger partial charge is 0.157 e. The maximum atomic E-state index is 11.9. The first-order valence-electron chi connectivity index (χ1n) is 5.43. The van der Waals surface area contributed by atoms with Gasteiger partial charge in [0.1, 0.15) is 0 Å². The zero-order valence-electron chi connectivity index (χ0n) is 9.36. The lowest BCUT2D eigenvalue weighted by Crippen LogP contribution is -2.45. The molecule has 0 bridgehead atoms. The average Bonchev–Trinajstić information content (AvgIpc) is 2.23. The summed E-state index contributed by atoms with van der Waals surface area (Å²) in [6, 6.07) is 10.1. The molecule has 1 aliphatic heterocycles. The Labute approximate surface area is 90.9 Å². The predicted octanol–water partition coefficient (Wildman–Crippen LogP) is 2.49. The number of hydrogen-bond donors (Lipinski definition) is 0. The molecule has 80 valence electrons. The van der Waals surface area contributed by atoms with Crippen LogP contribution >= 0.6 is 0 Å². The Hall–Kier alpha value is -1.31. The van der Waals surface area contributed by atoms with Crippen molar-refractivity contribution in [2.75, 3.05) is 18.0 Å². The Morgan fingerprint density at radius 2 is 1.87 bits per heavy atom. The molecule has 15 heavy (non-hydrogen) atoms. The molecule has 2 nitrogen and oxygen atoms in total. The van der Waals surface area contributed by atoms with E-state index in [1.165, 1.54) is 0 Å². The second-order valence-corrected chi connectivity index (χ2v) is 4.81. The summed E-state index contributed by atoms with van der Waals surface area (Å²) in [6.07, 6.45) is 0.945. The van der Waals surface area contributed by atoms with Crippen LogP contribution in [0, 0.1) is 5.41 Å². The molecular weight excluding hydrogens is 186 g/mol. The van der Waals surface area contributed by atoms with Gasteiger partial charge in [-0.1, -0.05) is 32.0 Å². The highest BCUT2D eigenvalue weighted by atomic mass is 16.1. The molecule has 1 heterocycles. The molecule has 0 spiro atoms. The first-order chi connectivity index (χ1) is 7.09. The molecule has 1 fully saturated rings. The Morgan fingerprint density at radius 3 is 2.47 bits per heavy atom. The van der Waals surface area contributed by atoms with Crippen molar-refractivity contribution in [3.8, 4) is 0 Å². The van der Waals surface area contributed by atoms with Gasteiger partial charge in [0.05, 0.1) is 6.54 Å². The van der Waals surface area contributed by atoms with Crippen LogP contribution in [0.15, 0.2) is 30.3 Å². The Kier molecular flexibility index (Phi) is 2.51. The molecule has 1 aliphatic rings. The molecule has 2 rings (SSSR count). The molecular formula is C13H17NO. The fourth-order valence-corrected chi connectivity index (χ4v) is 1.88. The molecule has 0 aromatic heterocycles. The van der Waals surface area contributed by atoms with E-state index >= 15 is 0 Å². The predicted molar refractivity (Wildman–Crippen MR) is 62.1 cm³/mol. The van der Waals surface area contributed by atoms with Gasteiger partial charge >= 0.3 is 0 Å². The molecule has 2 heteroatoms. The van der Waals surface area contributed by atoms with Gasteiger partial charge in [0.25, 0.3) is 0 Å². The van der Waals surface area contributed by atoms with Gasteiger partial charge in [-0.3, -0.25) is 4.79 Å². The molecule has 0 atom stereocenters. The number of carbonyl (C=O) groups is 1. The number of anilines is 1. The number of carbonyl (C=O) groups excluding carboxylic acids is 1. The standard InChI is InChI=1S/C13H17NO/c1-13(2)8-9-14(10-12(13)15)11-6-4-3-5-7-11/h3-7H,8-10H2,1-2H3. The molecule has 1 aromatic carbocycles. The molecule has 1 saturated heterocycles. The lowest BCUT2D eigenvalue weighted by atomic mass is 9.81. The van der Waals surface area contributed by atoms with Gasteiger partial charge in [-0.25, -0.2) is 0 Å². The number of nitrogens with zero attached hydrogens (tertiary/aromatic N) is 1. The van der Waals surface area contributed by atoms with Crippen LogP contribution in [0.25, 0.3) is 0 Å². The van der Waals surface area contributed by atoms with Gasteiger partial charge in [0.2, 0.25) is 0 Å². The normalized spacial score (nSPS) is 20.4. The summed E-state index contributed by atoms with van der Waals surface area (Å²) in [6.45, 7) is 5.61. The van der Waals surface area contributed by atoms with Crippen LogP contribution in [0.4, 0.5) is 5.69 Å². The number of para-hydroxylation sites is 1. The summed E-state index contributed by atoms with van der Waals surface area (Å²) >= 11 is 0. The molecule has 0 radical (unpaired) electrons. The summed E-state index contributed by atoms with van der Waals surface area (Å²) in [5.41, 5.74) is 1.02. The molecule has 1 aromatic rings. The van der Waals surface area contributed by atoms with Crippen molar-refractivity contribution >= 4 is 11.5 Å². The SMILES string of the molecule is CC1(C)CCN(c2ccccc2)CC1=O. The van der Waals surface area contributed by atoms with Crippen LogP contribution in [0.2, 0.25) is 0 Å². The third kappa shape index (κ3) is 2.04. The minimum absolute atomic E-state index is 0.134. The topological polar surface area (TPSA) is 20.3 Å². The van der Waals surface area contributed by atoms with Gasteiger partial charge in [0.15, 0.2) is 5.78 Å². The van der Waals surface area contributed by atoms with Crippen LogP contribution in [-0.4, -0.2) is 18.9 Å². The van der Waals surface area contributed by atoms with Crippen molar-refractivity contribution in [1.29, 1.82) is 0 Å². The molecule has 0 aliphatic carbocycles. The van der Waals surface area contributed by atoms with Gasteiger partial charge < -0.3 is 4.90 Å². The highest BCUT2D eigenvalue weighted by molar-refractivity contribution is 5.89. The van der Waals surface area contributed by atoms with E-state index in [1.54, 1.807) is 0 Å². The lowest BCUT2D eigenvalue weighted by molar-refractivity contribution is -0.127. The van der Waals surface area contributed by atoms with E-state index in [2.05, 4.69) is 17.0 Å². The third-order valence-electron chi connectivity index (χ3n) is 3.22. The van der Waals surface area contributed by atoms with Crippen LogP contribution in [0.5, 0.6) is 0 Å². The van der Waals surface area contributed by atoms with E-state index in [4.69, 9.17) is 0 Å². The average molecular weight is 203 g/mol. The monoisotopic (exact) mass is 203 g/mol. The van der Waals surface area contributed by atoms with Crippen LogP contribution in [0.1, 0.15) is 20.3 Å². The fraction of sp³-hybridized carbons (Fsp3) is 0.462. The number of Topliss-reactive ketones (excluding diaryl/α,β-unsaturated/α-hetero) is 1. The third-order valence-corrected chi connectivity index (χ3v) is 3.22. The summed E-state index contributed by atoms with van der Waals surface area (Å²) in [4.78, 5) is 14.0. The minimum Gasteiger partial charge on any atom is -0.364 e. The Bertz CT molecular complexity index is 356. The van der Waals surface area contributed by atoms with Gasteiger partial charge in [-0.15, -0.1) is 0 Å². The van der Waals surface area contributed by atoms with E-state index in [0.29, 0.717) is 12.3 Å². The van der Waals surface area contributed by atoms with E-state index in [1.807, 2.05) is 32.0 Å². The van der Waals surface area contributed by atoms with Crippen LogP contribution < -0.4 is 4.90 Å². The van der Waals surface area contributed by atoms with Crippen molar-refractivity contribution in [3.63, 3.8) is 0 Å². The summed E-state index contributed by atoms with van der Waals surface area (Å²) < 4.78 is 0. The molecule has 0 saturated carbocycles. The second kappa shape index (κ2) is 3.69. The summed E-state index contributed by atoms with van der Waals surface area (Å²) in [5.74, 6) is 0.345. The van der Waals surface area contributed by atoms with Crippen molar-refractivity contribution < 1.29 is 4.79 Å². The maximum Gasteiger partial charge on any atom is 0.157 e. The molecule has 0 amide bonds. The van der Waals surface area contributed by atoms with Crippen LogP contribution in [-0.2, 0) is 4.79 Å². The Morgan fingerprint density at radius 1 is 1.20 bits per heavy atom. The summed E-state index contributed by atoms with van der Waals surface area (Å²) in [7, 11) is 0. The maximum absolute atomic E-state index is 11.9.